The molecule has 0 amide bonds. The molecule has 0 radical (unpaired) electrons. The summed E-state index contributed by atoms with van der Waals surface area (Å²) in [6.07, 6.45) is 3.20. The average molecular weight is 271 g/mol. The highest BCUT2D eigenvalue weighted by Gasteiger charge is 2.23. The summed E-state index contributed by atoms with van der Waals surface area (Å²) in [5.74, 6) is -0.0184. The first-order valence-corrected chi connectivity index (χ1v) is 7.10. The standard InChI is InChI=1S/C11H17N3O3S/c1-2-14-10(8-5-3-4-6-17-8)12-13-11(14)18-7-9(15)16/h8H,2-7H2,1H3,(H,15,16). The van der Waals surface area contributed by atoms with Gasteiger partial charge in [-0.1, -0.05) is 11.8 Å². The van der Waals surface area contributed by atoms with Gasteiger partial charge < -0.3 is 14.4 Å². The summed E-state index contributed by atoms with van der Waals surface area (Å²) in [5.41, 5.74) is 0. The van der Waals surface area contributed by atoms with Crippen molar-refractivity contribution in [3.63, 3.8) is 0 Å². The van der Waals surface area contributed by atoms with Crippen LogP contribution in [0, 0.1) is 0 Å². The normalized spacial score (nSPS) is 19.9. The molecule has 100 valence electrons. The van der Waals surface area contributed by atoms with E-state index in [-0.39, 0.29) is 11.9 Å². The first kappa shape index (κ1) is 13.4. The van der Waals surface area contributed by atoms with Crippen LogP contribution in [0.5, 0.6) is 0 Å². The zero-order valence-corrected chi connectivity index (χ0v) is 11.2. The second-order valence-electron chi connectivity index (χ2n) is 4.12. The molecule has 0 saturated carbocycles. The number of hydrogen-bond acceptors (Lipinski definition) is 5. The number of nitrogens with zero attached hydrogens (tertiary/aromatic N) is 3. The maximum atomic E-state index is 10.6. The van der Waals surface area contributed by atoms with Crippen molar-refractivity contribution < 1.29 is 14.6 Å². The molecule has 18 heavy (non-hydrogen) atoms. The van der Waals surface area contributed by atoms with Crippen LogP contribution in [0.2, 0.25) is 0 Å². The molecular weight excluding hydrogens is 254 g/mol. The first-order valence-electron chi connectivity index (χ1n) is 6.11. The van der Waals surface area contributed by atoms with Gasteiger partial charge in [-0.3, -0.25) is 4.79 Å². The molecule has 1 N–H and O–H groups in total. The van der Waals surface area contributed by atoms with Crippen LogP contribution in [0.25, 0.3) is 0 Å². The van der Waals surface area contributed by atoms with Gasteiger partial charge in [-0.05, 0) is 26.2 Å². The third-order valence-corrected chi connectivity index (χ3v) is 3.81. The lowest BCUT2D eigenvalue weighted by molar-refractivity contribution is -0.133. The van der Waals surface area contributed by atoms with Gasteiger partial charge in [0.2, 0.25) is 0 Å². The number of thioether (sulfide) groups is 1. The molecule has 1 aliphatic heterocycles. The molecule has 0 aromatic carbocycles. The molecule has 1 atom stereocenters. The number of carboxylic acid groups (broad SMARTS) is 1. The summed E-state index contributed by atoms with van der Waals surface area (Å²) in [5, 5.41) is 17.6. The van der Waals surface area contributed by atoms with E-state index in [0.717, 1.165) is 38.2 Å². The molecule has 1 saturated heterocycles. The quantitative estimate of drug-likeness (QED) is 0.822. The molecular formula is C11H17N3O3S. The maximum Gasteiger partial charge on any atom is 0.313 e. The van der Waals surface area contributed by atoms with Gasteiger partial charge in [-0.15, -0.1) is 10.2 Å². The van der Waals surface area contributed by atoms with Crippen LogP contribution < -0.4 is 0 Å². The second-order valence-corrected chi connectivity index (χ2v) is 5.07. The second kappa shape index (κ2) is 6.19. The summed E-state index contributed by atoms with van der Waals surface area (Å²) in [6.45, 7) is 3.49. The van der Waals surface area contributed by atoms with Crippen LogP contribution in [0.1, 0.15) is 38.1 Å². The highest BCUT2D eigenvalue weighted by atomic mass is 32.2. The minimum atomic E-state index is -0.846. The van der Waals surface area contributed by atoms with E-state index in [4.69, 9.17) is 9.84 Å². The Morgan fingerprint density at radius 1 is 1.56 bits per heavy atom. The van der Waals surface area contributed by atoms with Crippen molar-refractivity contribution in [2.24, 2.45) is 0 Å². The molecule has 1 aromatic rings. The van der Waals surface area contributed by atoms with Crippen molar-refractivity contribution >= 4 is 17.7 Å². The van der Waals surface area contributed by atoms with Crippen molar-refractivity contribution in [2.75, 3.05) is 12.4 Å². The molecule has 2 heterocycles. The lowest BCUT2D eigenvalue weighted by atomic mass is 10.1. The van der Waals surface area contributed by atoms with E-state index < -0.39 is 5.97 Å². The summed E-state index contributed by atoms with van der Waals surface area (Å²) < 4.78 is 7.64. The highest BCUT2D eigenvalue weighted by molar-refractivity contribution is 7.99. The number of carbonyl (C=O) groups is 1. The van der Waals surface area contributed by atoms with Crippen LogP contribution in [0.15, 0.2) is 5.16 Å². The van der Waals surface area contributed by atoms with Crippen molar-refractivity contribution in [1.82, 2.24) is 14.8 Å². The van der Waals surface area contributed by atoms with Crippen molar-refractivity contribution in [3.05, 3.63) is 5.82 Å². The molecule has 0 bridgehead atoms. The van der Waals surface area contributed by atoms with Gasteiger partial charge in [-0.2, -0.15) is 0 Å². The molecule has 1 aromatic heterocycles. The number of carboxylic acids is 1. The Bertz CT molecular complexity index is 416. The van der Waals surface area contributed by atoms with Gasteiger partial charge in [0.15, 0.2) is 11.0 Å². The Kier molecular flexibility index (Phi) is 4.60. The zero-order valence-electron chi connectivity index (χ0n) is 10.3. The van der Waals surface area contributed by atoms with Crippen molar-refractivity contribution in [2.45, 2.75) is 44.0 Å². The van der Waals surface area contributed by atoms with E-state index in [1.165, 1.54) is 11.8 Å². The molecule has 0 spiro atoms. The van der Waals surface area contributed by atoms with Crippen molar-refractivity contribution in [3.8, 4) is 0 Å². The molecule has 7 heteroatoms. The van der Waals surface area contributed by atoms with Crippen molar-refractivity contribution in [1.29, 1.82) is 0 Å². The first-order chi connectivity index (χ1) is 8.72. The number of aromatic nitrogens is 3. The smallest absolute Gasteiger partial charge is 0.313 e. The predicted molar refractivity (Wildman–Crippen MR) is 66.6 cm³/mol. The van der Waals surface area contributed by atoms with Crippen LogP contribution >= 0.6 is 11.8 Å². The van der Waals surface area contributed by atoms with E-state index in [1.807, 2.05) is 11.5 Å². The lowest BCUT2D eigenvalue weighted by Crippen LogP contribution is -2.16. The number of aliphatic carboxylic acids is 1. The molecule has 0 aliphatic carbocycles. The van der Waals surface area contributed by atoms with Crippen LogP contribution in [0.3, 0.4) is 0 Å². The Morgan fingerprint density at radius 2 is 2.39 bits per heavy atom. The Labute approximate surface area is 110 Å². The number of hydrogen-bond donors (Lipinski definition) is 1. The van der Waals surface area contributed by atoms with E-state index in [1.54, 1.807) is 0 Å². The van der Waals surface area contributed by atoms with Gasteiger partial charge in [0.25, 0.3) is 0 Å². The lowest BCUT2D eigenvalue weighted by Gasteiger charge is -2.22. The fourth-order valence-corrected chi connectivity index (χ4v) is 2.74. The monoisotopic (exact) mass is 271 g/mol. The van der Waals surface area contributed by atoms with Gasteiger partial charge in [0.05, 0.1) is 5.75 Å². The minimum Gasteiger partial charge on any atom is -0.481 e. The summed E-state index contributed by atoms with van der Waals surface area (Å²) >= 11 is 1.20. The van der Waals surface area contributed by atoms with E-state index in [2.05, 4.69) is 10.2 Å². The molecule has 1 fully saturated rings. The van der Waals surface area contributed by atoms with Gasteiger partial charge in [0, 0.05) is 13.2 Å². The van der Waals surface area contributed by atoms with Gasteiger partial charge >= 0.3 is 5.97 Å². The topological polar surface area (TPSA) is 77.2 Å². The van der Waals surface area contributed by atoms with Gasteiger partial charge in [-0.25, -0.2) is 0 Å². The predicted octanol–water partition coefficient (Wildman–Crippen LogP) is 1.72. The van der Waals surface area contributed by atoms with E-state index in [9.17, 15) is 4.79 Å². The summed E-state index contributed by atoms with van der Waals surface area (Å²) in [4.78, 5) is 10.6. The van der Waals surface area contributed by atoms with Crippen LogP contribution in [-0.4, -0.2) is 38.2 Å². The third-order valence-electron chi connectivity index (χ3n) is 2.85. The summed E-state index contributed by atoms with van der Waals surface area (Å²) in [6, 6.07) is 0. The SMILES string of the molecule is CCn1c(SCC(=O)O)nnc1C1CCCCO1. The van der Waals surface area contributed by atoms with Crippen LogP contribution in [0.4, 0.5) is 0 Å². The highest BCUT2D eigenvalue weighted by Crippen LogP contribution is 2.29. The average Bonchev–Trinajstić information content (AvgIpc) is 2.80. The zero-order chi connectivity index (χ0) is 13.0. The fraction of sp³-hybridized carbons (Fsp3) is 0.727. The molecule has 1 aliphatic rings. The van der Waals surface area contributed by atoms with Crippen LogP contribution in [-0.2, 0) is 16.1 Å². The number of ether oxygens (including phenoxy) is 1. The molecule has 6 nitrogen and oxygen atoms in total. The van der Waals surface area contributed by atoms with E-state index >= 15 is 0 Å². The minimum absolute atomic E-state index is 0.00363. The molecule has 2 rings (SSSR count). The Morgan fingerprint density at radius 3 is 3.00 bits per heavy atom. The number of rotatable bonds is 5. The Hall–Kier alpha value is -1.08. The van der Waals surface area contributed by atoms with Gasteiger partial charge in [0.1, 0.15) is 6.10 Å². The maximum absolute atomic E-state index is 10.6. The fourth-order valence-electron chi connectivity index (χ4n) is 2.01. The summed E-state index contributed by atoms with van der Waals surface area (Å²) in [7, 11) is 0. The third kappa shape index (κ3) is 3.02. The largest absolute Gasteiger partial charge is 0.481 e. The van der Waals surface area contributed by atoms with E-state index in [0.29, 0.717) is 5.16 Å². The Balaban J connectivity index is 2.12. The molecule has 1 unspecified atom stereocenters.